The standard InChI is InChI=1S/C22H36N4O2/c1-17(2)16-26-11-7-9-19(26)18-8-6-10-23-20(18)24-12-14-25(15-13-24)21(27)28-22(3,4)5/h6,8,10,17,19H,7,9,11-16H2,1-5H3. The molecule has 2 fully saturated rings. The number of hydrogen-bond acceptors (Lipinski definition) is 5. The van der Waals surface area contributed by atoms with Gasteiger partial charge in [-0.15, -0.1) is 0 Å². The van der Waals surface area contributed by atoms with E-state index in [2.05, 4.69) is 35.8 Å². The monoisotopic (exact) mass is 388 g/mol. The minimum absolute atomic E-state index is 0.215. The van der Waals surface area contributed by atoms with Crippen LogP contribution in [0.15, 0.2) is 18.3 Å². The van der Waals surface area contributed by atoms with E-state index in [1.807, 2.05) is 31.9 Å². The summed E-state index contributed by atoms with van der Waals surface area (Å²) in [5.41, 5.74) is 0.886. The first-order valence-electron chi connectivity index (χ1n) is 10.7. The molecule has 28 heavy (non-hydrogen) atoms. The molecule has 0 aliphatic carbocycles. The van der Waals surface area contributed by atoms with Crippen LogP contribution in [0.3, 0.4) is 0 Å². The van der Waals surface area contributed by atoms with Crippen molar-refractivity contribution in [2.24, 2.45) is 5.92 Å². The lowest BCUT2D eigenvalue weighted by atomic mass is 10.0. The Morgan fingerprint density at radius 3 is 2.57 bits per heavy atom. The van der Waals surface area contributed by atoms with Gasteiger partial charge in [-0.2, -0.15) is 0 Å². The number of carbonyl (C=O) groups excluding carboxylic acids is 1. The lowest BCUT2D eigenvalue weighted by molar-refractivity contribution is 0.0240. The molecule has 6 nitrogen and oxygen atoms in total. The van der Waals surface area contributed by atoms with E-state index in [-0.39, 0.29) is 6.09 Å². The number of hydrogen-bond donors (Lipinski definition) is 0. The average Bonchev–Trinajstić information content (AvgIpc) is 3.07. The molecule has 2 saturated heterocycles. The number of rotatable bonds is 4. The molecule has 0 bridgehead atoms. The van der Waals surface area contributed by atoms with Crippen molar-refractivity contribution >= 4 is 11.9 Å². The number of carbonyl (C=O) groups is 1. The van der Waals surface area contributed by atoms with Gasteiger partial charge < -0.3 is 14.5 Å². The average molecular weight is 389 g/mol. The summed E-state index contributed by atoms with van der Waals surface area (Å²) in [6.45, 7) is 15.5. The topological polar surface area (TPSA) is 48.9 Å². The Hall–Kier alpha value is -1.82. The lowest BCUT2D eigenvalue weighted by Crippen LogP contribution is -2.50. The summed E-state index contributed by atoms with van der Waals surface area (Å²) in [5.74, 6) is 1.75. The molecule has 1 atom stereocenters. The number of pyridine rings is 1. The van der Waals surface area contributed by atoms with Gasteiger partial charge in [-0.25, -0.2) is 9.78 Å². The van der Waals surface area contributed by atoms with Gasteiger partial charge in [0.1, 0.15) is 11.4 Å². The van der Waals surface area contributed by atoms with Crippen LogP contribution < -0.4 is 4.90 Å². The molecule has 1 amide bonds. The molecule has 1 aromatic rings. The Morgan fingerprint density at radius 1 is 1.21 bits per heavy atom. The summed E-state index contributed by atoms with van der Waals surface area (Å²) in [4.78, 5) is 23.9. The van der Waals surface area contributed by atoms with E-state index in [9.17, 15) is 4.79 Å². The van der Waals surface area contributed by atoms with E-state index < -0.39 is 5.60 Å². The maximum atomic E-state index is 12.3. The Bertz CT molecular complexity index is 663. The third-order valence-corrected chi connectivity index (χ3v) is 5.37. The van der Waals surface area contributed by atoms with Gasteiger partial charge in [0.15, 0.2) is 0 Å². The zero-order valence-corrected chi connectivity index (χ0v) is 18.1. The second kappa shape index (κ2) is 8.68. The first-order valence-corrected chi connectivity index (χ1v) is 10.7. The molecule has 0 spiro atoms. The number of piperazine rings is 1. The van der Waals surface area contributed by atoms with Crippen LogP contribution in [0.5, 0.6) is 0 Å². The largest absolute Gasteiger partial charge is 0.444 e. The van der Waals surface area contributed by atoms with E-state index in [0.717, 1.165) is 25.5 Å². The minimum atomic E-state index is -0.454. The lowest BCUT2D eigenvalue weighted by Gasteiger charge is -2.38. The predicted molar refractivity (Wildman–Crippen MR) is 113 cm³/mol. The smallest absolute Gasteiger partial charge is 0.410 e. The molecule has 1 unspecified atom stereocenters. The summed E-state index contributed by atoms with van der Waals surface area (Å²) >= 11 is 0. The number of ether oxygens (including phenoxy) is 1. The Labute approximate surface area is 169 Å². The van der Waals surface area contributed by atoms with Crippen molar-refractivity contribution in [3.63, 3.8) is 0 Å². The van der Waals surface area contributed by atoms with Gasteiger partial charge in [0, 0.05) is 50.5 Å². The van der Waals surface area contributed by atoms with E-state index >= 15 is 0 Å². The number of anilines is 1. The number of amides is 1. The van der Waals surface area contributed by atoms with Crippen LogP contribution in [0, 0.1) is 5.92 Å². The van der Waals surface area contributed by atoms with E-state index in [1.54, 1.807) is 0 Å². The molecule has 3 rings (SSSR count). The zero-order valence-electron chi connectivity index (χ0n) is 18.1. The predicted octanol–water partition coefficient (Wildman–Crippen LogP) is 3.93. The molecule has 3 heterocycles. The van der Waals surface area contributed by atoms with Gasteiger partial charge in [0.25, 0.3) is 0 Å². The van der Waals surface area contributed by atoms with E-state index in [1.165, 1.54) is 24.9 Å². The quantitative estimate of drug-likeness (QED) is 0.782. The van der Waals surface area contributed by atoms with Gasteiger partial charge >= 0.3 is 6.09 Å². The van der Waals surface area contributed by atoms with Gasteiger partial charge in [-0.05, 0) is 52.1 Å². The number of aromatic nitrogens is 1. The molecule has 1 aromatic heterocycles. The van der Waals surface area contributed by atoms with Crippen LogP contribution in [-0.2, 0) is 4.74 Å². The first-order chi connectivity index (χ1) is 13.2. The Morgan fingerprint density at radius 2 is 1.93 bits per heavy atom. The summed E-state index contributed by atoms with van der Waals surface area (Å²) < 4.78 is 5.52. The van der Waals surface area contributed by atoms with Gasteiger partial charge in [0.2, 0.25) is 0 Å². The molecule has 2 aliphatic rings. The maximum absolute atomic E-state index is 12.3. The molecular weight excluding hydrogens is 352 g/mol. The summed E-state index contributed by atoms with van der Waals surface area (Å²) in [7, 11) is 0. The number of likely N-dealkylation sites (tertiary alicyclic amines) is 1. The summed E-state index contributed by atoms with van der Waals surface area (Å²) in [5, 5.41) is 0. The fraction of sp³-hybridized carbons (Fsp3) is 0.727. The molecule has 6 heteroatoms. The Kier molecular flexibility index (Phi) is 6.48. The third-order valence-electron chi connectivity index (χ3n) is 5.37. The van der Waals surface area contributed by atoms with Crippen LogP contribution in [-0.4, -0.2) is 65.7 Å². The third kappa shape index (κ3) is 5.16. The van der Waals surface area contributed by atoms with Crippen molar-refractivity contribution in [2.45, 2.75) is 59.1 Å². The second-order valence-electron chi connectivity index (χ2n) is 9.42. The zero-order chi connectivity index (χ0) is 20.3. The van der Waals surface area contributed by atoms with Crippen LogP contribution in [0.1, 0.15) is 59.1 Å². The summed E-state index contributed by atoms with van der Waals surface area (Å²) in [6.07, 6.45) is 4.12. The first kappa shape index (κ1) is 20.9. The minimum Gasteiger partial charge on any atom is -0.444 e. The Balaban J connectivity index is 1.68. The number of nitrogens with zero attached hydrogens (tertiary/aromatic N) is 4. The fourth-order valence-electron chi connectivity index (χ4n) is 4.23. The van der Waals surface area contributed by atoms with E-state index in [0.29, 0.717) is 25.0 Å². The van der Waals surface area contributed by atoms with Crippen molar-refractivity contribution in [1.29, 1.82) is 0 Å². The molecule has 156 valence electrons. The van der Waals surface area contributed by atoms with Gasteiger partial charge in [0.05, 0.1) is 0 Å². The second-order valence-corrected chi connectivity index (χ2v) is 9.42. The van der Waals surface area contributed by atoms with Crippen molar-refractivity contribution in [2.75, 3.05) is 44.2 Å². The van der Waals surface area contributed by atoms with Crippen LogP contribution in [0.4, 0.5) is 10.6 Å². The maximum Gasteiger partial charge on any atom is 0.410 e. The highest BCUT2D eigenvalue weighted by Crippen LogP contribution is 2.37. The highest BCUT2D eigenvalue weighted by atomic mass is 16.6. The molecule has 2 aliphatic heterocycles. The van der Waals surface area contributed by atoms with Crippen molar-refractivity contribution < 1.29 is 9.53 Å². The molecule has 0 N–H and O–H groups in total. The van der Waals surface area contributed by atoms with Crippen LogP contribution >= 0.6 is 0 Å². The highest BCUT2D eigenvalue weighted by molar-refractivity contribution is 5.68. The molecule has 0 saturated carbocycles. The van der Waals surface area contributed by atoms with Crippen LogP contribution in [0.2, 0.25) is 0 Å². The van der Waals surface area contributed by atoms with Crippen LogP contribution in [0.25, 0.3) is 0 Å². The fourth-order valence-corrected chi connectivity index (χ4v) is 4.23. The SMILES string of the molecule is CC(C)CN1CCCC1c1cccnc1N1CCN(C(=O)OC(C)(C)C)CC1. The normalized spacial score (nSPS) is 21.4. The van der Waals surface area contributed by atoms with E-state index in [4.69, 9.17) is 9.72 Å². The summed E-state index contributed by atoms with van der Waals surface area (Å²) in [6, 6.07) is 4.75. The molecular formula is C22H36N4O2. The highest BCUT2D eigenvalue weighted by Gasteiger charge is 2.32. The van der Waals surface area contributed by atoms with Gasteiger partial charge in [-0.3, -0.25) is 4.90 Å². The molecule has 0 aromatic carbocycles. The van der Waals surface area contributed by atoms with Crippen molar-refractivity contribution in [3.8, 4) is 0 Å². The molecule has 0 radical (unpaired) electrons. The van der Waals surface area contributed by atoms with Crippen molar-refractivity contribution in [3.05, 3.63) is 23.9 Å². The van der Waals surface area contributed by atoms with Gasteiger partial charge in [-0.1, -0.05) is 19.9 Å². The van der Waals surface area contributed by atoms with Crippen molar-refractivity contribution in [1.82, 2.24) is 14.8 Å².